The second kappa shape index (κ2) is 3.68. The molecule has 0 unspecified atom stereocenters. The predicted octanol–water partition coefficient (Wildman–Crippen LogP) is 1.76. The second-order valence-corrected chi connectivity index (χ2v) is 1.34. The Kier molecular flexibility index (Phi) is 3.56. The number of hydrogen-bond acceptors (Lipinski definition) is 0. The van der Waals surface area contributed by atoms with Crippen molar-refractivity contribution < 1.29 is 28.3 Å². The van der Waals surface area contributed by atoms with Crippen LogP contribution in [-0.2, 0) is 19.5 Å². The van der Waals surface area contributed by atoms with E-state index >= 15 is 0 Å². The number of hydrogen-bond donors (Lipinski definition) is 0. The van der Waals surface area contributed by atoms with Gasteiger partial charge in [-0.25, -0.2) is 4.39 Å². The third-order valence-electron chi connectivity index (χ3n) is 0.764. The molecule has 0 heterocycles. The topological polar surface area (TPSA) is 0 Å². The van der Waals surface area contributed by atoms with Crippen LogP contribution in [0.2, 0.25) is 0 Å². The molecule has 1 rings (SSSR count). The molecule has 0 nitrogen and oxygen atoms in total. The Morgan fingerprint density at radius 1 is 1.22 bits per heavy atom. The smallest absolute Gasteiger partial charge is 0.0494 e. The molecule has 0 N–H and O–H groups in total. The molecule has 0 bridgehead atoms. The molecule has 1 aromatic rings. The fourth-order valence-electron chi connectivity index (χ4n) is 0.391. The minimum Gasteiger partial charge on any atom is -0.281 e. The Hall–Kier alpha value is -0.297. The first-order chi connectivity index (χ1) is 3.80. The van der Waals surface area contributed by atoms with Gasteiger partial charge < -0.3 is 0 Å². The Morgan fingerprint density at radius 2 is 1.89 bits per heavy atom. The minimum atomic E-state index is -0.854. The average molecular weight is 178 g/mol. The van der Waals surface area contributed by atoms with Crippen molar-refractivity contribution >= 4 is 0 Å². The van der Waals surface area contributed by atoms with Crippen molar-refractivity contribution in [3.8, 4) is 0 Å². The molecule has 0 saturated carbocycles. The van der Waals surface area contributed by atoms with Gasteiger partial charge in [0, 0.05) is 31.1 Å². The number of benzene rings is 1. The van der Waals surface area contributed by atoms with E-state index in [1.54, 1.807) is 0 Å². The van der Waals surface area contributed by atoms with Crippen LogP contribution in [0, 0.1) is 17.7 Å². The van der Waals surface area contributed by atoms with Gasteiger partial charge in [-0.2, -0.15) is 12.1 Å². The van der Waals surface area contributed by atoms with Crippen molar-refractivity contribution in [1.82, 2.24) is 0 Å². The summed E-state index contributed by atoms with van der Waals surface area (Å²) in [6, 6.07) is 5.68. The molecule has 1 aromatic carbocycles. The molecule has 44 valence electrons. The van der Waals surface area contributed by atoms with E-state index in [0.717, 1.165) is 12.1 Å². The maximum absolute atomic E-state index is 11.9. The minimum absolute atomic E-state index is 0. The van der Waals surface area contributed by atoms with E-state index < -0.39 is 11.6 Å². The van der Waals surface area contributed by atoms with Crippen molar-refractivity contribution in [3.63, 3.8) is 0 Å². The van der Waals surface area contributed by atoms with Gasteiger partial charge in [0.1, 0.15) is 0 Å². The zero-order chi connectivity index (χ0) is 5.98. The second-order valence-electron chi connectivity index (χ2n) is 1.34. The Morgan fingerprint density at radius 3 is 2.22 bits per heavy atom. The van der Waals surface area contributed by atoms with Crippen LogP contribution in [0.25, 0.3) is 0 Å². The van der Waals surface area contributed by atoms with Gasteiger partial charge in [0.15, 0.2) is 0 Å². The van der Waals surface area contributed by atoms with Crippen LogP contribution in [0.3, 0.4) is 0 Å². The van der Waals surface area contributed by atoms with E-state index in [1.165, 1.54) is 6.07 Å². The molecular weight excluding hydrogens is 175 g/mol. The first-order valence-corrected chi connectivity index (χ1v) is 2.12. The van der Waals surface area contributed by atoms with E-state index in [0.29, 0.717) is 0 Å². The molecule has 0 aliphatic rings. The molecule has 0 aliphatic carbocycles. The summed E-state index contributed by atoms with van der Waals surface area (Å²) in [5.41, 5.74) is 0. The maximum atomic E-state index is 11.9. The van der Waals surface area contributed by atoms with Gasteiger partial charge in [-0.05, 0) is 0 Å². The number of rotatable bonds is 0. The molecule has 0 aliphatic heterocycles. The van der Waals surface area contributed by atoms with Gasteiger partial charge >= 0.3 is 0 Å². The summed E-state index contributed by atoms with van der Waals surface area (Å²) in [5.74, 6) is -1.68. The predicted molar refractivity (Wildman–Crippen MR) is 25.2 cm³/mol. The van der Waals surface area contributed by atoms with E-state index in [1.807, 2.05) is 0 Å². The summed E-state index contributed by atoms with van der Waals surface area (Å²) >= 11 is 0. The average Bonchev–Trinajstić information content (AvgIpc) is 1.77. The van der Waals surface area contributed by atoms with Crippen molar-refractivity contribution in [2.24, 2.45) is 0 Å². The van der Waals surface area contributed by atoms with Crippen LogP contribution in [0.1, 0.15) is 0 Å². The molecule has 0 fully saturated rings. The quantitative estimate of drug-likeness (QED) is 0.420. The largest absolute Gasteiger partial charge is 0.281 e. The molecule has 0 aromatic heterocycles. The molecule has 0 spiro atoms. The van der Waals surface area contributed by atoms with E-state index in [2.05, 4.69) is 6.07 Å². The first kappa shape index (κ1) is 8.70. The van der Waals surface area contributed by atoms with Gasteiger partial charge in [0.05, 0.1) is 0 Å². The van der Waals surface area contributed by atoms with Crippen LogP contribution in [0.15, 0.2) is 18.2 Å². The van der Waals surface area contributed by atoms with Crippen LogP contribution in [0.5, 0.6) is 0 Å². The summed E-state index contributed by atoms with van der Waals surface area (Å²) < 4.78 is 23.8. The standard InChI is InChI=1S/C6H3F2.Zn/c7-5-3-1-2-4-6(5)8;/h1,3-4H;/q-1;. The third-order valence-corrected chi connectivity index (χ3v) is 0.764. The Labute approximate surface area is 64.6 Å². The SMILES string of the molecule is Fc1c[c-]ccc1F.[Zn]. The van der Waals surface area contributed by atoms with Crippen LogP contribution in [0.4, 0.5) is 8.78 Å². The van der Waals surface area contributed by atoms with E-state index in [4.69, 9.17) is 0 Å². The van der Waals surface area contributed by atoms with Crippen molar-refractivity contribution in [3.05, 3.63) is 35.9 Å². The molecular formula is C6H3F2Zn-. The normalized spacial score (nSPS) is 8.22. The summed E-state index contributed by atoms with van der Waals surface area (Å²) in [6.07, 6.45) is 0. The fourth-order valence-corrected chi connectivity index (χ4v) is 0.391. The number of halogens is 2. The van der Waals surface area contributed by atoms with Gasteiger partial charge in [-0.15, -0.1) is 12.1 Å². The Balaban J connectivity index is 0.000000640. The van der Waals surface area contributed by atoms with Crippen molar-refractivity contribution in [2.45, 2.75) is 0 Å². The summed E-state index contributed by atoms with van der Waals surface area (Å²) in [7, 11) is 0. The van der Waals surface area contributed by atoms with Crippen LogP contribution < -0.4 is 0 Å². The van der Waals surface area contributed by atoms with Crippen molar-refractivity contribution in [1.29, 1.82) is 0 Å². The zero-order valence-corrected chi connectivity index (χ0v) is 7.66. The van der Waals surface area contributed by atoms with Crippen LogP contribution in [-0.4, -0.2) is 0 Å². The summed E-state index contributed by atoms with van der Waals surface area (Å²) in [4.78, 5) is 0. The summed E-state index contributed by atoms with van der Waals surface area (Å²) in [5, 5.41) is 0. The third kappa shape index (κ3) is 2.19. The van der Waals surface area contributed by atoms with Gasteiger partial charge in [-0.3, -0.25) is 4.39 Å². The van der Waals surface area contributed by atoms with E-state index in [-0.39, 0.29) is 19.5 Å². The summed E-state index contributed by atoms with van der Waals surface area (Å²) in [6.45, 7) is 0. The molecule has 0 amide bonds. The van der Waals surface area contributed by atoms with Crippen LogP contribution >= 0.6 is 0 Å². The first-order valence-electron chi connectivity index (χ1n) is 2.12. The zero-order valence-electron chi connectivity index (χ0n) is 4.70. The maximum Gasteiger partial charge on any atom is 0.0494 e. The monoisotopic (exact) mass is 177 g/mol. The molecule has 3 heteroatoms. The molecule has 0 saturated heterocycles. The Bertz CT molecular complexity index is 167. The van der Waals surface area contributed by atoms with Gasteiger partial charge in [0.2, 0.25) is 0 Å². The molecule has 9 heavy (non-hydrogen) atoms. The van der Waals surface area contributed by atoms with Gasteiger partial charge in [-0.1, -0.05) is 0 Å². The van der Waals surface area contributed by atoms with Crippen molar-refractivity contribution in [2.75, 3.05) is 0 Å². The van der Waals surface area contributed by atoms with Gasteiger partial charge in [0.25, 0.3) is 0 Å². The molecule has 0 atom stereocenters. The van der Waals surface area contributed by atoms with E-state index in [9.17, 15) is 8.78 Å². The fraction of sp³-hybridized carbons (Fsp3) is 0. The molecule has 0 radical (unpaired) electrons.